The molecule has 6 heteroatoms. The summed E-state index contributed by atoms with van der Waals surface area (Å²) >= 11 is 3.40. The number of ether oxygens (including phenoxy) is 1. The van der Waals surface area contributed by atoms with Crippen LogP contribution in [0.3, 0.4) is 0 Å². The fourth-order valence-electron chi connectivity index (χ4n) is 2.10. The number of anilines is 1. The minimum absolute atomic E-state index is 0.116. The molecule has 98 valence electrons. The number of nitrogens with two attached hydrogens (primary N) is 1. The third-order valence-corrected chi connectivity index (χ3v) is 3.51. The van der Waals surface area contributed by atoms with Crippen LogP contribution in [0.2, 0.25) is 0 Å². The summed E-state index contributed by atoms with van der Waals surface area (Å²) in [6, 6.07) is 6.04. The second-order valence-electron chi connectivity index (χ2n) is 4.26. The van der Waals surface area contributed by atoms with Gasteiger partial charge in [-0.1, -0.05) is 21.1 Å². The molecule has 18 heavy (non-hydrogen) atoms. The highest BCUT2D eigenvalue weighted by Crippen LogP contribution is 2.27. The molecule has 0 bridgehead atoms. The zero-order valence-electron chi connectivity index (χ0n) is 10.1. The molecule has 1 heterocycles. The number of halogens is 1. The maximum atomic E-state index is 8.87. The molecule has 3 N–H and O–H groups in total. The van der Waals surface area contributed by atoms with Gasteiger partial charge in [0.15, 0.2) is 5.84 Å². The average Bonchev–Trinajstić information content (AvgIpc) is 2.39. The Hall–Kier alpha value is -1.27. The van der Waals surface area contributed by atoms with E-state index in [1.54, 1.807) is 0 Å². The van der Waals surface area contributed by atoms with Crippen LogP contribution in [-0.4, -0.2) is 36.8 Å². The molecule has 1 fully saturated rings. The molecular weight excluding hydrogens is 298 g/mol. The molecule has 0 radical (unpaired) electrons. The van der Waals surface area contributed by atoms with Gasteiger partial charge in [-0.2, -0.15) is 0 Å². The van der Waals surface area contributed by atoms with Crippen molar-refractivity contribution in [3.8, 4) is 0 Å². The summed E-state index contributed by atoms with van der Waals surface area (Å²) in [6.07, 6.45) is 0. The number of rotatable bonds is 2. The summed E-state index contributed by atoms with van der Waals surface area (Å²) in [5.74, 6) is 0.116. The first-order valence-corrected chi connectivity index (χ1v) is 6.54. The Bertz CT molecular complexity index is 465. The summed E-state index contributed by atoms with van der Waals surface area (Å²) < 4.78 is 6.32. The Kier molecular flexibility index (Phi) is 4.08. The van der Waals surface area contributed by atoms with Crippen molar-refractivity contribution in [3.63, 3.8) is 0 Å². The van der Waals surface area contributed by atoms with Crippen LogP contribution >= 0.6 is 15.9 Å². The number of hydrogen-bond acceptors (Lipinski definition) is 4. The van der Waals surface area contributed by atoms with Gasteiger partial charge < -0.3 is 20.6 Å². The maximum absolute atomic E-state index is 8.87. The third kappa shape index (κ3) is 2.59. The van der Waals surface area contributed by atoms with Gasteiger partial charge in [0, 0.05) is 28.3 Å². The lowest BCUT2D eigenvalue weighted by molar-refractivity contribution is 0.0989. The summed E-state index contributed by atoms with van der Waals surface area (Å²) in [5.41, 5.74) is 7.42. The van der Waals surface area contributed by atoms with E-state index in [1.165, 1.54) is 0 Å². The van der Waals surface area contributed by atoms with Crippen molar-refractivity contribution in [2.45, 2.75) is 13.0 Å². The van der Waals surface area contributed by atoms with Crippen LogP contribution in [0.25, 0.3) is 0 Å². The van der Waals surface area contributed by atoms with Crippen molar-refractivity contribution in [2.24, 2.45) is 10.9 Å². The highest BCUT2D eigenvalue weighted by atomic mass is 79.9. The molecule has 0 aliphatic carbocycles. The predicted octanol–water partition coefficient (Wildman–Crippen LogP) is 1.77. The molecule has 0 saturated carbocycles. The lowest BCUT2D eigenvalue weighted by Crippen LogP contribution is -2.44. The number of oxime groups is 1. The Labute approximate surface area is 114 Å². The second kappa shape index (κ2) is 5.58. The standard InChI is InChI=1S/C12H16BrN3O2/c1-8-7-18-5-4-16(8)11-3-2-9(13)6-10(11)12(14)15-17/h2-3,6,8,17H,4-5,7H2,1H3,(H2,14,15). The van der Waals surface area contributed by atoms with E-state index in [4.69, 9.17) is 15.7 Å². The minimum Gasteiger partial charge on any atom is -0.409 e. The summed E-state index contributed by atoms with van der Waals surface area (Å²) in [4.78, 5) is 2.21. The minimum atomic E-state index is 0.116. The average molecular weight is 314 g/mol. The number of nitrogens with zero attached hydrogens (tertiary/aromatic N) is 2. The van der Waals surface area contributed by atoms with E-state index in [9.17, 15) is 0 Å². The van der Waals surface area contributed by atoms with Gasteiger partial charge in [0.05, 0.1) is 13.2 Å². The van der Waals surface area contributed by atoms with Crippen molar-refractivity contribution in [1.29, 1.82) is 0 Å². The van der Waals surface area contributed by atoms with E-state index in [0.29, 0.717) is 13.2 Å². The summed E-state index contributed by atoms with van der Waals surface area (Å²) in [6.45, 7) is 4.27. The van der Waals surface area contributed by atoms with Crippen LogP contribution in [-0.2, 0) is 4.74 Å². The highest BCUT2D eigenvalue weighted by Gasteiger charge is 2.22. The van der Waals surface area contributed by atoms with Gasteiger partial charge in [0.2, 0.25) is 0 Å². The molecule has 1 aromatic rings. The SMILES string of the molecule is CC1COCCN1c1ccc(Br)cc1/C(N)=N/O. The molecule has 1 atom stereocenters. The monoisotopic (exact) mass is 313 g/mol. The van der Waals surface area contributed by atoms with E-state index >= 15 is 0 Å². The normalized spacial score (nSPS) is 21.1. The van der Waals surface area contributed by atoms with Crippen molar-refractivity contribution in [2.75, 3.05) is 24.7 Å². The molecule has 1 aromatic carbocycles. The molecule has 0 amide bonds. The fourth-order valence-corrected chi connectivity index (χ4v) is 2.46. The zero-order chi connectivity index (χ0) is 13.1. The molecule has 1 saturated heterocycles. The summed E-state index contributed by atoms with van der Waals surface area (Å²) in [7, 11) is 0. The van der Waals surface area contributed by atoms with E-state index < -0.39 is 0 Å². The Balaban J connectivity index is 2.42. The molecule has 5 nitrogen and oxygen atoms in total. The van der Waals surface area contributed by atoms with Gasteiger partial charge in [0.1, 0.15) is 0 Å². The van der Waals surface area contributed by atoms with Crippen LogP contribution in [0.4, 0.5) is 5.69 Å². The molecule has 2 rings (SSSR count). The van der Waals surface area contributed by atoms with Crippen molar-refractivity contribution in [3.05, 3.63) is 28.2 Å². The van der Waals surface area contributed by atoms with Crippen LogP contribution in [0.15, 0.2) is 27.8 Å². The number of amidine groups is 1. The first-order chi connectivity index (χ1) is 8.63. The smallest absolute Gasteiger partial charge is 0.172 e. The van der Waals surface area contributed by atoms with Gasteiger partial charge in [-0.05, 0) is 25.1 Å². The third-order valence-electron chi connectivity index (χ3n) is 3.02. The van der Waals surface area contributed by atoms with Crippen molar-refractivity contribution in [1.82, 2.24) is 0 Å². The Morgan fingerprint density at radius 3 is 3.06 bits per heavy atom. The van der Waals surface area contributed by atoms with Crippen LogP contribution in [0, 0.1) is 0 Å². The van der Waals surface area contributed by atoms with Crippen LogP contribution in [0.5, 0.6) is 0 Å². The number of benzene rings is 1. The van der Waals surface area contributed by atoms with Crippen molar-refractivity contribution < 1.29 is 9.94 Å². The van der Waals surface area contributed by atoms with Gasteiger partial charge in [-0.3, -0.25) is 0 Å². The molecule has 1 aliphatic heterocycles. The fraction of sp³-hybridized carbons (Fsp3) is 0.417. The topological polar surface area (TPSA) is 71.1 Å². The first kappa shape index (κ1) is 13.2. The first-order valence-electron chi connectivity index (χ1n) is 5.75. The van der Waals surface area contributed by atoms with E-state index in [1.807, 2.05) is 18.2 Å². The maximum Gasteiger partial charge on any atom is 0.172 e. The highest BCUT2D eigenvalue weighted by molar-refractivity contribution is 9.10. The van der Waals surface area contributed by atoms with Gasteiger partial charge in [0.25, 0.3) is 0 Å². The van der Waals surface area contributed by atoms with Crippen LogP contribution < -0.4 is 10.6 Å². The van der Waals surface area contributed by atoms with E-state index in [2.05, 4.69) is 32.9 Å². The van der Waals surface area contributed by atoms with Crippen molar-refractivity contribution >= 4 is 27.5 Å². The largest absolute Gasteiger partial charge is 0.409 e. The summed E-state index contributed by atoms with van der Waals surface area (Å²) in [5, 5.41) is 12.0. The lowest BCUT2D eigenvalue weighted by atomic mass is 10.1. The molecule has 0 spiro atoms. The second-order valence-corrected chi connectivity index (χ2v) is 5.18. The zero-order valence-corrected chi connectivity index (χ0v) is 11.7. The van der Waals surface area contributed by atoms with Gasteiger partial charge in [-0.15, -0.1) is 0 Å². The number of morpholine rings is 1. The van der Waals surface area contributed by atoms with Crippen LogP contribution in [0.1, 0.15) is 12.5 Å². The quantitative estimate of drug-likeness (QED) is 0.378. The lowest BCUT2D eigenvalue weighted by Gasteiger charge is -2.36. The van der Waals surface area contributed by atoms with E-state index in [-0.39, 0.29) is 11.9 Å². The Morgan fingerprint density at radius 2 is 2.39 bits per heavy atom. The predicted molar refractivity (Wildman–Crippen MR) is 74.3 cm³/mol. The molecule has 0 aromatic heterocycles. The molecular formula is C12H16BrN3O2. The number of hydrogen-bond donors (Lipinski definition) is 2. The van der Waals surface area contributed by atoms with Gasteiger partial charge in [-0.25, -0.2) is 0 Å². The van der Waals surface area contributed by atoms with Gasteiger partial charge >= 0.3 is 0 Å². The Morgan fingerprint density at radius 1 is 1.61 bits per heavy atom. The molecule has 1 aliphatic rings. The molecule has 1 unspecified atom stereocenters. The van der Waals surface area contributed by atoms with E-state index in [0.717, 1.165) is 22.3 Å².